The molecule has 4 nitrogen and oxygen atoms in total. The summed E-state index contributed by atoms with van der Waals surface area (Å²) in [6.45, 7) is 3.36. The summed E-state index contributed by atoms with van der Waals surface area (Å²) >= 11 is 5.90. The summed E-state index contributed by atoms with van der Waals surface area (Å²) in [6.07, 6.45) is 0.182. The lowest BCUT2D eigenvalue weighted by Crippen LogP contribution is -2.38. The number of hydrogen-bond donors (Lipinski definition) is 2. The van der Waals surface area contributed by atoms with Gasteiger partial charge in [-0.1, -0.05) is 23.7 Å². The molecule has 1 rings (SSSR count). The van der Waals surface area contributed by atoms with Crippen molar-refractivity contribution in [2.24, 2.45) is 0 Å². The van der Waals surface area contributed by atoms with Crippen molar-refractivity contribution in [3.8, 4) is 0 Å². The predicted molar refractivity (Wildman–Crippen MR) is 74.3 cm³/mol. The molecule has 0 heterocycles. The van der Waals surface area contributed by atoms with E-state index in [0.717, 1.165) is 0 Å². The quantitative estimate of drug-likeness (QED) is 0.787. The molecule has 5 heteroatoms. The Labute approximate surface area is 117 Å². The van der Waals surface area contributed by atoms with E-state index in [2.05, 4.69) is 5.32 Å². The highest BCUT2D eigenvalue weighted by molar-refractivity contribution is 6.34. The van der Waals surface area contributed by atoms with Crippen LogP contribution in [0.1, 0.15) is 37.0 Å². The van der Waals surface area contributed by atoms with Gasteiger partial charge in [0.05, 0.1) is 10.6 Å². The third-order valence-electron chi connectivity index (χ3n) is 2.47. The number of aliphatic hydroxyl groups is 1. The molecular weight excluding hydrogens is 266 g/mol. The minimum Gasteiger partial charge on any atom is -0.389 e. The Balaban J connectivity index is 2.43. The van der Waals surface area contributed by atoms with E-state index in [9.17, 15) is 14.7 Å². The third-order valence-corrected chi connectivity index (χ3v) is 2.80. The van der Waals surface area contributed by atoms with Gasteiger partial charge in [0.1, 0.15) is 0 Å². The van der Waals surface area contributed by atoms with Crippen LogP contribution in [0.4, 0.5) is 0 Å². The first-order chi connectivity index (χ1) is 8.79. The minimum absolute atomic E-state index is 0.0835. The van der Waals surface area contributed by atoms with Crippen LogP contribution in [0.15, 0.2) is 24.3 Å². The van der Waals surface area contributed by atoms with Gasteiger partial charge in [0.15, 0.2) is 5.78 Å². The van der Waals surface area contributed by atoms with E-state index in [-0.39, 0.29) is 31.1 Å². The van der Waals surface area contributed by atoms with Gasteiger partial charge in [-0.25, -0.2) is 0 Å². The van der Waals surface area contributed by atoms with Crippen LogP contribution in [0.5, 0.6) is 0 Å². The number of hydrogen-bond acceptors (Lipinski definition) is 3. The van der Waals surface area contributed by atoms with Crippen LogP contribution in [0.2, 0.25) is 5.02 Å². The standard InChI is InChI=1S/C14H18ClNO3/c1-14(2,19)9-16-13(18)8-7-12(17)10-5-3-4-6-11(10)15/h3-6,19H,7-9H2,1-2H3,(H,16,18). The highest BCUT2D eigenvalue weighted by atomic mass is 35.5. The van der Waals surface area contributed by atoms with Gasteiger partial charge < -0.3 is 10.4 Å². The fraction of sp³-hybridized carbons (Fsp3) is 0.429. The molecule has 0 aliphatic carbocycles. The lowest BCUT2D eigenvalue weighted by Gasteiger charge is -2.17. The van der Waals surface area contributed by atoms with E-state index in [4.69, 9.17) is 11.6 Å². The maximum Gasteiger partial charge on any atom is 0.220 e. The highest BCUT2D eigenvalue weighted by Gasteiger charge is 2.15. The first kappa shape index (κ1) is 15.7. The molecule has 0 aromatic heterocycles. The number of rotatable bonds is 6. The van der Waals surface area contributed by atoms with Crippen molar-refractivity contribution in [3.63, 3.8) is 0 Å². The molecule has 0 atom stereocenters. The number of amides is 1. The molecule has 0 spiro atoms. The van der Waals surface area contributed by atoms with Gasteiger partial charge in [0, 0.05) is 24.9 Å². The zero-order chi connectivity index (χ0) is 14.5. The first-order valence-electron chi connectivity index (χ1n) is 6.06. The second kappa shape index (κ2) is 6.68. The zero-order valence-electron chi connectivity index (χ0n) is 11.1. The molecule has 0 saturated carbocycles. The molecule has 0 saturated heterocycles. The van der Waals surface area contributed by atoms with Crippen molar-refractivity contribution in [2.75, 3.05) is 6.54 Å². The van der Waals surface area contributed by atoms with Gasteiger partial charge in [-0.05, 0) is 26.0 Å². The van der Waals surface area contributed by atoms with Crippen molar-refractivity contribution in [3.05, 3.63) is 34.9 Å². The molecule has 0 bridgehead atoms. The third kappa shape index (κ3) is 5.85. The average Bonchev–Trinajstić information content (AvgIpc) is 2.33. The van der Waals surface area contributed by atoms with Crippen LogP contribution >= 0.6 is 11.6 Å². The number of ketones is 1. The van der Waals surface area contributed by atoms with Crippen molar-refractivity contribution >= 4 is 23.3 Å². The van der Waals surface area contributed by atoms with Crippen LogP contribution in [0.3, 0.4) is 0 Å². The molecule has 2 N–H and O–H groups in total. The van der Waals surface area contributed by atoms with Crippen LogP contribution in [0, 0.1) is 0 Å². The number of Topliss-reactive ketones (excluding diaryl/α,β-unsaturated/α-hetero) is 1. The van der Waals surface area contributed by atoms with Crippen molar-refractivity contribution in [1.82, 2.24) is 5.32 Å². The minimum atomic E-state index is -0.956. The molecule has 19 heavy (non-hydrogen) atoms. The number of carbonyl (C=O) groups excluding carboxylic acids is 2. The first-order valence-corrected chi connectivity index (χ1v) is 6.44. The van der Waals surface area contributed by atoms with Crippen LogP contribution in [-0.2, 0) is 4.79 Å². The molecule has 0 unspecified atom stereocenters. The summed E-state index contributed by atoms with van der Waals surface area (Å²) in [5, 5.41) is 12.4. The Bertz CT molecular complexity index is 466. The van der Waals surface area contributed by atoms with Gasteiger partial charge in [0.2, 0.25) is 5.91 Å². The molecule has 0 radical (unpaired) electrons. The fourth-order valence-electron chi connectivity index (χ4n) is 1.45. The monoisotopic (exact) mass is 283 g/mol. The Morgan fingerprint density at radius 2 is 1.89 bits per heavy atom. The van der Waals surface area contributed by atoms with E-state index in [1.165, 1.54) is 0 Å². The molecular formula is C14H18ClNO3. The van der Waals surface area contributed by atoms with Crippen LogP contribution in [-0.4, -0.2) is 28.9 Å². The summed E-state index contributed by atoms with van der Waals surface area (Å²) < 4.78 is 0. The summed E-state index contributed by atoms with van der Waals surface area (Å²) in [7, 11) is 0. The predicted octanol–water partition coefficient (Wildman–Crippen LogP) is 2.19. The van der Waals surface area contributed by atoms with Gasteiger partial charge in [-0.3, -0.25) is 9.59 Å². The van der Waals surface area contributed by atoms with E-state index in [1.54, 1.807) is 38.1 Å². The SMILES string of the molecule is CC(C)(O)CNC(=O)CCC(=O)c1ccccc1Cl. The Kier molecular flexibility index (Phi) is 5.51. The zero-order valence-corrected chi connectivity index (χ0v) is 11.8. The second-order valence-electron chi connectivity index (χ2n) is 4.99. The largest absolute Gasteiger partial charge is 0.389 e. The molecule has 104 valence electrons. The summed E-state index contributed by atoms with van der Waals surface area (Å²) in [6, 6.07) is 6.76. The summed E-state index contributed by atoms with van der Waals surface area (Å²) in [5.74, 6) is -0.425. The highest BCUT2D eigenvalue weighted by Crippen LogP contribution is 2.17. The topological polar surface area (TPSA) is 66.4 Å². The molecule has 0 fully saturated rings. The molecule has 0 aliphatic rings. The smallest absolute Gasteiger partial charge is 0.220 e. The lowest BCUT2D eigenvalue weighted by molar-refractivity contribution is -0.122. The normalized spacial score (nSPS) is 11.2. The number of halogens is 1. The number of benzene rings is 1. The van der Waals surface area contributed by atoms with E-state index >= 15 is 0 Å². The summed E-state index contributed by atoms with van der Waals surface area (Å²) in [5.41, 5.74) is -0.526. The lowest BCUT2D eigenvalue weighted by atomic mass is 10.1. The average molecular weight is 284 g/mol. The Morgan fingerprint density at radius 1 is 1.26 bits per heavy atom. The molecule has 0 aliphatic heterocycles. The van der Waals surface area contributed by atoms with Crippen molar-refractivity contribution in [1.29, 1.82) is 0 Å². The van der Waals surface area contributed by atoms with Gasteiger partial charge in [-0.2, -0.15) is 0 Å². The molecule has 1 aromatic rings. The second-order valence-corrected chi connectivity index (χ2v) is 5.40. The van der Waals surface area contributed by atoms with Gasteiger partial charge in [-0.15, -0.1) is 0 Å². The van der Waals surface area contributed by atoms with Crippen molar-refractivity contribution < 1.29 is 14.7 Å². The van der Waals surface area contributed by atoms with E-state index in [1.807, 2.05) is 0 Å². The molecule has 1 amide bonds. The Hall–Kier alpha value is -1.39. The maximum absolute atomic E-state index is 11.9. The van der Waals surface area contributed by atoms with Gasteiger partial charge in [0.25, 0.3) is 0 Å². The van der Waals surface area contributed by atoms with Crippen molar-refractivity contribution in [2.45, 2.75) is 32.3 Å². The van der Waals surface area contributed by atoms with Crippen LogP contribution in [0.25, 0.3) is 0 Å². The Morgan fingerprint density at radius 3 is 2.47 bits per heavy atom. The number of nitrogens with one attached hydrogen (secondary N) is 1. The van der Waals surface area contributed by atoms with Gasteiger partial charge >= 0.3 is 0 Å². The van der Waals surface area contributed by atoms with Crippen LogP contribution < -0.4 is 5.32 Å². The fourth-order valence-corrected chi connectivity index (χ4v) is 1.69. The number of carbonyl (C=O) groups is 2. The van der Waals surface area contributed by atoms with E-state index < -0.39 is 5.60 Å². The summed E-state index contributed by atoms with van der Waals surface area (Å²) in [4.78, 5) is 23.4. The molecule has 1 aromatic carbocycles. The van der Waals surface area contributed by atoms with E-state index in [0.29, 0.717) is 10.6 Å². The maximum atomic E-state index is 11.9.